The van der Waals surface area contributed by atoms with E-state index in [0.29, 0.717) is 56.6 Å². The van der Waals surface area contributed by atoms with Crippen LogP contribution in [0.4, 0.5) is 23.4 Å². The van der Waals surface area contributed by atoms with Crippen molar-refractivity contribution in [2.24, 2.45) is 11.6 Å². The van der Waals surface area contributed by atoms with Gasteiger partial charge in [-0.3, -0.25) is 21.5 Å². The molecule has 0 fully saturated rings. The SMILES string of the molecule is C.CCOC(=O)c1cc(N)n(Cc2ccccc2F)n1.CCOC(=O)c1nn(Cc2ccccc2F)c2ncccc12.N=C(N)c1nn(Cc2ccccc2F)c2ncccc12.NNCc1ccccc1F.[C-]#[N+]CC(=O)C(=O)OCC. The van der Waals surface area contributed by atoms with Gasteiger partial charge in [0.05, 0.1) is 50.2 Å². The molecule has 0 aliphatic carbocycles. The number of carbonyl (C=O) groups excluding carboxylic acids is 4. The quantitative estimate of drug-likeness (QED) is 0.00705. The number of Topliss-reactive ketones (excluding diaryl/α,β-unsaturated/α-hetero) is 1. The van der Waals surface area contributed by atoms with Gasteiger partial charge in [-0.2, -0.15) is 15.3 Å². The Labute approximate surface area is 468 Å². The molecule has 9 aromatic rings. The molecule has 0 atom stereocenters. The molecule has 82 heavy (non-hydrogen) atoms. The number of halogens is 4. The molecule has 8 N–H and O–H groups in total. The Morgan fingerprint density at radius 3 is 1.44 bits per heavy atom. The van der Waals surface area contributed by atoms with Crippen molar-refractivity contribution < 1.29 is 51.0 Å². The summed E-state index contributed by atoms with van der Waals surface area (Å²) in [4.78, 5) is 55.6. The van der Waals surface area contributed by atoms with Crippen LogP contribution in [0.3, 0.4) is 0 Å². The number of nitrogens with two attached hydrogens (primary N) is 3. The lowest BCUT2D eigenvalue weighted by Crippen LogP contribution is -2.21. The molecule has 0 radical (unpaired) electrons. The molecule has 21 nitrogen and oxygen atoms in total. The van der Waals surface area contributed by atoms with Gasteiger partial charge >= 0.3 is 23.7 Å². The van der Waals surface area contributed by atoms with Crippen LogP contribution < -0.4 is 22.7 Å². The summed E-state index contributed by atoms with van der Waals surface area (Å²) in [6.07, 6.45) is 3.24. The second kappa shape index (κ2) is 32.6. The number of amidine groups is 1. The lowest BCUT2D eigenvalue weighted by molar-refractivity contribution is -0.152. The topological polar surface area (TPSA) is 294 Å². The number of fused-ring (bicyclic) bond motifs is 2. The van der Waals surface area contributed by atoms with Gasteiger partial charge in [0.25, 0.3) is 6.54 Å². The number of ketones is 1. The van der Waals surface area contributed by atoms with Crippen LogP contribution >= 0.6 is 0 Å². The molecule has 0 unspecified atom stereocenters. The van der Waals surface area contributed by atoms with Crippen molar-refractivity contribution >= 4 is 57.4 Å². The average molecular weight is 1130 g/mol. The second-order valence-corrected chi connectivity index (χ2v) is 16.4. The van der Waals surface area contributed by atoms with Crippen LogP contribution in [0.5, 0.6) is 0 Å². The fraction of sp³-hybridized carbons (Fsp3) is 0.211. The largest absolute Gasteiger partial charge is 0.461 e. The molecular weight excluding hydrogens is 1070 g/mol. The van der Waals surface area contributed by atoms with Crippen LogP contribution in [0.25, 0.3) is 26.9 Å². The van der Waals surface area contributed by atoms with Crippen molar-refractivity contribution in [3.63, 3.8) is 0 Å². The molecule has 428 valence electrons. The number of ether oxygens (including phenoxy) is 3. The van der Waals surface area contributed by atoms with E-state index in [2.05, 4.69) is 40.3 Å². The van der Waals surface area contributed by atoms with Crippen LogP contribution in [-0.4, -0.2) is 95.2 Å². The highest BCUT2D eigenvalue weighted by Crippen LogP contribution is 2.21. The number of carbonyl (C=O) groups is 4. The minimum atomic E-state index is -0.918. The Hall–Kier alpha value is -10.2. The first-order valence-electron chi connectivity index (χ1n) is 24.6. The first kappa shape index (κ1) is 64.3. The van der Waals surface area contributed by atoms with Gasteiger partial charge in [-0.25, -0.2) is 62.5 Å². The minimum absolute atomic E-state index is 0. The Bertz CT molecular complexity index is 3640. The number of hydrogen-bond acceptors (Lipinski definition) is 16. The van der Waals surface area contributed by atoms with Gasteiger partial charge in [0.2, 0.25) is 0 Å². The normalized spacial score (nSPS) is 10.1. The number of nitrogens with one attached hydrogen (secondary N) is 2. The Balaban J connectivity index is 0.000000227. The van der Waals surface area contributed by atoms with Crippen LogP contribution in [0.15, 0.2) is 140 Å². The molecule has 0 saturated heterocycles. The molecule has 9 rings (SSSR count). The molecule has 0 spiro atoms. The number of benzene rings is 4. The average Bonchev–Trinajstić information content (AvgIpc) is 4.16. The highest BCUT2D eigenvalue weighted by atomic mass is 19.1. The number of hydrazine groups is 1. The van der Waals surface area contributed by atoms with Gasteiger partial charge < -0.3 is 30.5 Å². The minimum Gasteiger partial charge on any atom is -0.461 e. The lowest BCUT2D eigenvalue weighted by Gasteiger charge is -2.05. The number of anilines is 1. The number of nitrogens with zero attached hydrogens (tertiary/aromatic N) is 9. The van der Waals surface area contributed by atoms with Crippen molar-refractivity contribution in [1.29, 1.82) is 5.41 Å². The highest BCUT2D eigenvalue weighted by molar-refractivity contribution is 6.34. The Morgan fingerprint density at radius 1 is 0.598 bits per heavy atom. The zero-order chi connectivity index (χ0) is 58.8. The smallest absolute Gasteiger partial charge is 0.382 e. The Morgan fingerprint density at radius 2 is 1.01 bits per heavy atom. The summed E-state index contributed by atoms with van der Waals surface area (Å²) in [6.45, 7) is 12.5. The van der Waals surface area contributed by atoms with Crippen LogP contribution in [0, 0.1) is 35.3 Å². The van der Waals surface area contributed by atoms with Gasteiger partial charge in [0.15, 0.2) is 22.7 Å². The van der Waals surface area contributed by atoms with Gasteiger partial charge in [0.1, 0.15) is 40.6 Å². The summed E-state index contributed by atoms with van der Waals surface area (Å²) >= 11 is 0. The van der Waals surface area contributed by atoms with E-state index >= 15 is 0 Å². The summed E-state index contributed by atoms with van der Waals surface area (Å²) < 4.78 is 72.3. The molecule has 0 saturated carbocycles. The maximum absolute atomic E-state index is 13.8. The molecule has 5 heterocycles. The van der Waals surface area contributed by atoms with E-state index in [0.717, 1.165) is 0 Å². The second-order valence-electron chi connectivity index (χ2n) is 16.4. The van der Waals surface area contributed by atoms with Gasteiger partial charge in [0, 0.05) is 47.3 Å². The summed E-state index contributed by atoms with van der Waals surface area (Å²) in [5.74, 6) is 1.25. The molecule has 5 aromatic heterocycles. The van der Waals surface area contributed by atoms with Crippen LogP contribution in [-0.2, 0) is 50.0 Å². The number of esters is 3. The van der Waals surface area contributed by atoms with E-state index in [1.165, 1.54) is 39.7 Å². The van der Waals surface area contributed by atoms with Crippen molar-refractivity contribution in [2.45, 2.75) is 54.4 Å². The number of pyridine rings is 2. The number of nitrogen functional groups attached to an aromatic ring is 2. The predicted octanol–water partition coefficient (Wildman–Crippen LogP) is 7.99. The molecule has 25 heteroatoms. The van der Waals surface area contributed by atoms with Crippen molar-refractivity contribution in [1.82, 2.24) is 44.7 Å². The first-order valence-corrected chi connectivity index (χ1v) is 24.6. The van der Waals surface area contributed by atoms with E-state index in [-0.39, 0.29) is 93.2 Å². The highest BCUT2D eigenvalue weighted by Gasteiger charge is 2.21. The third-order valence-electron chi connectivity index (χ3n) is 10.8. The summed E-state index contributed by atoms with van der Waals surface area (Å²) in [5.41, 5.74) is 17.5. The maximum Gasteiger partial charge on any atom is 0.382 e. The lowest BCUT2D eigenvalue weighted by atomic mass is 10.2. The van der Waals surface area contributed by atoms with E-state index in [4.69, 9.17) is 38.8 Å². The van der Waals surface area contributed by atoms with Gasteiger partial charge in [-0.1, -0.05) is 80.2 Å². The van der Waals surface area contributed by atoms with E-state index < -0.39 is 30.2 Å². The number of hydrogen-bond donors (Lipinski definition) is 5. The number of aromatic nitrogens is 8. The summed E-state index contributed by atoms with van der Waals surface area (Å²) in [6, 6.07) is 34.2. The van der Waals surface area contributed by atoms with Gasteiger partial charge in [-0.15, -0.1) is 0 Å². The van der Waals surface area contributed by atoms with Crippen LogP contribution in [0.2, 0.25) is 0 Å². The Kier molecular flexibility index (Phi) is 25.6. The van der Waals surface area contributed by atoms with Crippen molar-refractivity contribution in [3.05, 3.63) is 214 Å². The fourth-order valence-corrected chi connectivity index (χ4v) is 7.11. The zero-order valence-electron chi connectivity index (χ0n) is 44.1. The molecule has 4 aromatic carbocycles. The molecule has 0 bridgehead atoms. The first-order chi connectivity index (χ1) is 39.0. The molecule has 0 amide bonds. The van der Waals surface area contributed by atoms with E-state index in [1.54, 1.807) is 135 Å². The number of rotatable bonds is 16. The predicted molar refractivity (Wildman–Crippen MR) is 298 cm³/mol. The standard InChI is InChI=1S/C16H14FN3O2.C14H12FN5.C13H14FN3O2.C7H9FN2.C6H7NO3.CH4/c1-2-22-16(21)14-12-7-5-9-18-15(12)20(19-14)10-11-6-3-4-8-13(11)17;15-11-6-2-1-4-9(11)8-20-14-10(5-3-7-18-14)12(19-20)13(16)17;1-2-19-13(18)11-7-12(15)17(16-11)8-9-5-3-4-6-10(9)14;8-7-4-2-1-3-6(7)5-10-9;1-3-10-6(9)5(8)4-7-2;/h3-9H,2,10H2,1H3;1-7H,8H2,(H3,16,17);3-7H,2,8,15H2,1H3;1-4,10H,5,9H2;3-4H2,1H3;1H4. The van der Waals surface area contributed by atoms with Gasteiger partial charge in [-0.05, 0) is 69.3 Å². The van der Waals surface area contributed by atoms with E-state index in [9.17, 15) is 36.7 Å². The molecular formula is C57H60F4N14O7. The molecule has 0 aliphatic heterocycles. The van der Waals surface area contributed by atoms with E-state index in [1.807, 2.05) is 0 Å². The summed E-state index contributed by atoms with van der Waals surface area (Å²) in [7, 11) is 0. The molecule has 0 aliphatic rings. The monoisotopic (exact) mass is 1130 g/mol. The van der Waals surface area contributed by atoms with Crippen molar-refractivity contribution in [2.75, 3.05) is 32.1 Å². The fourth-order valence-electron chi connectivity index (χ4n) is 7.11. The third kappa shape index (κ3) is 18.2. The summed E-state index contributed by atoms with van der Waals surface area (Å²) in [5, 5.41) is 21.4. The van der Waals surface area contributed by atoms with Crippen molar-refractivity contribution in [3.8, 4) is 0 Å². The third-order valence-corrected chi connectivity index (χ3v) is 10.8. The van der Waals surface area contributed by atoms with Crippen LogP contribution in [0.1, 0.15) is 77.1 Å². The maximum atomic E-state index is 13.8. The zero-order valence-corrected chi connectivity index (χ0v) is 44.1.